The van der Waals surface area contributed by atoms with Gasteiger partial charge in [-0.25, -0.2) is 14.6 Å². The Kier molecular flexibility index (Phi) is 7.67. The Morgan fingerprint density at radius 2 is 1.86 bits per heavy atom. The predicted octanol–water partition coefficient (Wildman–Crippen LogP) is 1.61. The van der Waals surface area contributed by atoms with Gasteiger partial charge in [-0.3, -0.25) is 9.69 Å². The van der Waals surface area contributed by atoms with Gasteiger partial charge >= 0.3 is 12.0 Å². The van der Waals surface area contributed by atoms with Crippen molar-refractivity contribution < 1.29 is 19.1 Å². The molecule has 0 saturated heterocycles. The summed E-state index contributed by atoms with van der Waals surface area (Å²) in [4.78, 5) is 39.5. The largest absolute Gasteiger partial charge is 0.441 e. The molecule has 0 aliphatic heterocycles. The molecule has 0 aliphatic rings. The van der Waals surface area contributed by atoms with Crippen LogP contribution in [0.3, 0.4) is 0 Å². The van der Waals surface area contributed by atoms with Gasteiger partial charge in [0.1, 0.15) is 6.17 Å². The van der Waals surface area contributed by atoms with Crippen LogP contribution in [0.15, 0.2) is 29.3 Å². The first-order valence-electron chi connectivity index (χ1n) is 6.29. The second-order valence-electron chi connectivity index (χ2n) is 4.41. The number of nitrogens with one attached hydrogen (secondary N) is 1. The van der Waals surface area contributed by atoms with Gasteiger partial charge in [0.25, 0.3) is 0 Å². The molecule has 7 heteroatoms. The van der Waals surface area contributed by atoms with Crippen molar-refractivity contribution in [1.82, 2.24) is 10.2 Å². The summed E-state index contributed by atoms with van der Waals surface area (Å²) in [6.45, 7) is 12.8. The van der Waals surface area contributed by atoms with Crippen LogP contribution in [-0.4, -0.2) is 41.9 Å². The van der Waals surface area contributed by atoms with Gasteiger partial charge in [0.15, 0.2) is 6.73 Å². The van der Waals surface area contributed by atoms with Crippen LogP contribution in [0.1, 0.15) is 27.7 Å². The zero-order chi connectivity index (χ0) is 16.6. The first kappa shape index (κ1) is 18.6. The number of ether oxygens (including phenoxy) is 1. The van der Waals surface area contributed by atoms with Crippen molar-refractivity contribution in [3.63, 3.8) is 0 Å². The number of nitrogens with zero attached hydrogens (tertiary/aromatic N) is 2. The highest BCUT2D eigenvalue weighted by atomic mass is 16.5. The van der Waals surface area contributed by atoms with E-state index in [4.69, 9.17) is 4.74 Å². The molecule has 3 amide bonds. The Morgan fingerprint density at radius 3 is 2.29 bits per heavy atom. The van der Waals surface area contributed by atoms with Crippen molar-refractivity contribution >= 4 is 24.1 Å². The molecule has 0 radical (unpaired) electrons. The van der Waals surface area contributed by atoms with Crippen LogP contribution in [0, 0.1) is 0 Å². The van der Waals surface area contributed by atoms with Crippen LogP contribution in [0.4, 0.5) is 4.79 Å². The molecule has 0 rings (SSSR count). The molecule has 116 valence electrons. The van der Waals surface area contributed by atoms with Gasteiger partial charge in [0, 0.05) is 17.4 Å². The maximum atomic E-state index is 11.9. The topological polar surface area (TPSA) is 88.1 Å². The average Bonchev–Trinajstić information content (AvgIpc) is 2.38. The number of urea groups is 1. The van der Waals surface area contributed by atoms with E-state index >= 15 is 0 Å². The highest BCUT2D eigenvalue weighted by Crippen LogP contribution is 2.03. The highest BCUT2D eigenvalue weighted by molar-refractivity contribution is 5.92. The number of esters is 1. The maximum absolute atomic E-state index is 11.9. The molecule has 0 saturated carbocycles. The van der Waals surface area contributed by atoms with E-state index in [1.54, 1.807) is 20.8 Å². The molecule has 1 N–H and O–H groups in total. The summed E-state index contributed by atoms with van der Waals surface area (Å²) in [5.74, 6) is -1.04. The lowest BCUT2D eigenvalue weighted by atomic mass is 10.3. The molecule has 0 fully saturated rings. The summed E-state index contributed by atoms with van der Waals surface area (Å²) < 4.78 is 4.92. The number of carbonyl (C=O) groups is 3. The Hall–Kier alpha value is -2.44. The van der Waals surface area contributed by atoms with Crippen LogP contribution in [0.2, 0.25) is 0 Å². The molecule has 0 aromatic carbocycles. The Labute approximate surface area is 124 Å². The van der Waals surface area contributed by atoms with Crippen molar-refractivity contribution in [3.8, 4) is 0 Å². The molecular formula is C14H21N3O4. The average molecular weight is 295 g/mol. The van der Waals surface area contributed by atoms with E-state index in [2.05, 4.69) is 23.5 Å². The number of amides is 3. The van der Waals surface area contributed by atoms with Crippen molar-refractivity contribution in [3.05, 3.63) is 24.3 Å². The van der Waals surface area contributed by atoms with Gasteiger partial charge in [-0.2, -0.15) is 0 Å². The van der Waals surface area contributed by atoms with Crippen LogP contribution >= 0.6 is 0 Å². The molecule has 0 aromatic rings. The quantitative estimate of drug-likeness (QED) is 0.349. The van der Waals surface area contributed by atoms with Crippen molar-refractivity contribution in [1.29, 1.82) is 0 Å². The first-order chi connectivity index (χ1) is 9.70. The predicted molar refractivity (Wildman–Crippen MR) is 79.6 cm³/mol. The van der Waals surface area contributed by atoms with E-state index in [9.17, 15) is 14.4 Å². The number of carbonyl (C=O) groups excluding carboxylic acids is 3. The van der Waals surface area contributed by atoms with Gasteiger partial charge in [-0.15, -0.1) is 0 Å². The minimum absolute atomic E-state index is 0.208. The molecule has 1 atom stereocenters. The van der Waals surface area contributed by atoms with Gasteiger partial charge in [0.2, 0.25) is 5.91 Å². The van der Waals surface area contributed by atoms with Crippen LogP contribution in [0.5, 0.6) is 0 Å². The lowest BCUT2D eigenvalue weighted by Gasteiger charge is -2.27. The standard InChI is InChI=1S/C14H21N3O4/c1-7-15-14(20)17(8-21-13(19)10(4)5)11(6)16-12(18)9(2)3/h7,11H,2,4,8H2,1,3,5-6H3,(H,16,18)/b15-7+. The minimum atomic E-state index is -0.719. The van der Waals surface area contributed by atoms with Crippen molar-refractivity contribution in [2.75, 3.05) is 6.73 Å². The van der Waals surface area contributed by atoms with Crippen LogP contribution in [0.25, 0.3) is 0 Å². The maximum Gasteiger partial charge on any atom is 0.347 e. The van der Waals surface area contributed by atoms with E-state index in [1.807, 2.05) is 0 Å². The second-order valence-corrected chi connectivity index (χ2v) is 4.41. The first-order valence-corrected chi connectivity index (χ1v) is 6.29. The van der Waals surface area contributed by atoms with Gasteiger partial charge in [-0.05, 0) is 27.7 Å². The third-order valence-electron chi connectivity index (χ3n) is 2.36. The van der Waals surface area contributed by atoms with Crippen LogP contribution < -0.4 is 5.32 Å². The SMILES string of the molecule is C=C(C)C(=O)NC(C)N(COC(=O)C(=C)C)C(=O)/N=C/C. The molecule has 0 aromatic heterocycles. The normalized spacial score (nSPS) is 11.6. The van der Waals surface area contributed by atoms with Crippen LogP contribution in [-0.2, 0) is 14.3 Å². The van der Waals surface area contributed by atoms with E-state index in [0.29, 0.717) is 5.57 Å². The summed E-state index contributed by atoms with van der Waals surface area (Å²) in [6, 6.07) is -0.637. The van der Waals surface area contributed by atoms with E-state index in [0.717, 1.165) is 4.90 Å². The van der Waals surface area contributed by atoms with Gasteiger partial charge in [0.05, 0.1) is 0 Å². The molecule has 1 unspecified atom stereocenters. The van der Waals surface area contributed by atoms with Crippen molar-refractivity contribution in [2.45, 2.75) is 33.9 Å². The molecule has 0 bridgehead atoms. The molecule has 0 aliphatic carbocycles. The van der Waals surface area contributed by atoms with E-state index in [-0.39, 0.29) is 12.3 Å². The number of aliphatic imine (C=N–C) groups is 1. The number of rotatable bonds is 6. The zero-order valence-corrected chi connectivity index (χ0v) is 12.8. The second kappa shape index (κ2) is 8.68. The summed E-state index contributed by atoms with van der Waals surface area (Å²) >= 11 is 0. The minimum Gasteiger partial charge on any atom is -0.441 e. The lowest BCUT2D eigenvalue weighted by molar-refractivity contribution is -0.143. The summed E-state index contributed by atoms with van der Waals surface area (Å²) in [6.07, 6.45) is 0.590. The molecule has 0 spiro atoms. The van der Waals surface area contributed by atoms with Crippen molar-refractivity contribution in [2.24, 2.45) is 4.99 Å². The Bertz CT molecular complexity index is 483. The summed E-state index contributed by atoms with van der Waals surface area (Å²) in [7, 11) is 0. The molecular weight excluding hydrogens is 274 g/mol. The number of hydrogen-bond donors (Lipinski definition) is 1. The van der Waals surface area contributed by atoms with E-state index in [1.165, 1.54) is 13.1 Å². The fraction of sp³-hybridized carbons (Fsp3) is 0.429. The lowest BCUT2D eigenvalue weighted by Crippen LogP contribution is -2.49. The smallest absolute Gasteiger partial charge is 0.347 e. The van der Waals surface area contributed by atoms with Gasteiger partial charge in [-0.1, -0.05) is 13.2 Å². The third kappa shape index (κ3) is 6.51. The highest BCUT2D eigenvalue weighted by Gasteiger charge is 2.22. The summed E-state index contributed by atoms with van der Waals surface area (Å²) in [5.41, 5.74) is 0.507. The molecule has 0 heterocycles. The molecule has 7 nitrogen and oxygen atoms in total. The number of hydrogen-bond acceptors (Lipinski definition) is 4. The van der Waals surface area contributed by atoms with Gasteiger partial charge < -0.3 is 10.1 Å². The third-order valence-corrected chi connectivity index (χ3v) is 2.36. The van der Waals surface area contributed by atoms with E-state index < -0.39 is 24.1 Å². The molecule has 21 heavy (non-hydrogen) atoms. The summed E-state index contributed by atoms with van der Waals surface area (Å²) in [5, 5.41) is 2.55. The monoisotopic (exact) mass is 295 g/mol. The Balaban J connectivity index is 4.92. The zero-order valence-electron chi connectivity index (χ0n) is 12.8. The fourth-order valence-corrected chi connectivity index (χ4v) is 1.16. The fourth-order valence-electron chi connectivity index (χ4n) is 1.16. The Morgan fingerprint density at radius 1 is 1.29 bits per heavy atom.